The van der Waals surface area contributed by atoms with Crippen LogP contribution in [0.4, 0.5) is 11.4 Å². The van der Waals surface area contributed by atoms with Crippen LogP contribution < -0.4 is 5.32 Å². The van der Waals surface area contributed by atoms with Crippen molar-refractivity contribution in [2.24, 2.45) is 0 Å². The van der Waals surface area contributed by atoms with Crippen LogP contribution >= 0.6 is 11.6 Å². The molecule has 7 heteroatoms. The number of nitrogens with zero attached hydrogens (tertiary/aromatic N) is 3. The van der Waals surface area contributed by atoms with Crippen LogP contribution in [0.2, 0.25) is 5.02 Å². The Morgan fingerprint density at radius 3 is 2.59 bits per heavy atom. The number of aliphatic hydroxyl groups is 1. The van der Waals surface area contributed by atoms with Crippen molar-refractivity contribution in [1.82, 2.24) is 15.0 Å². The zero-order chi connectivity index (χ0) is 22.7. The zero-order valence-corrected chi connectivity index (χ0v) is 18.6. The van der Waals surface area contributed by atoms with Crippen molar-refractivity contribution in [3.8, 4) is 5.69 Å². The molecule has 0 amide bonds. The van der Waals surface area contributed by atoms with Gasteiger partial charge in [0.2, 0.25) is 0 Å². The second-order valence-corrected chi connectivity index (χ2v) is 8.05. The Labute approximate surface area is 191 Å². The maximum atomic E-state index is 13.3. The summed E-state index contributed by atoms with van der Waals surface area (Å²) in [5.74, 6) is -0.160. The number of carbonyl (C=O) groups excluding carboxylic acids is 1. The van der Waals surface area contributed by atoms with Gasteiger partial charge in [-0.3, -0.25) is 4.79 Å². The monoisotopic (exact) mass is 446 g/mol. The number of benzene rings is 3. The van der Waals surface area contributed by atoms with Crippen molar-refractivity contribution in [3.63, 3.8) is 0 Å². The molecule has 0 atom stereocenters. The predicted molar refractivity (Wildman–Crippen MR) is 126 cm³/mol. The number of aliphatic hydroxyl groups excluding tert-OH is 1. The van der Waals surface area contributed by atoms with Gasteiger partial charge in [-0.15, -0.1) is 5.10 Å². The molecule has 3 aromatic carbocycles. The molecule has 4 rings (SSSR count). The summed E-state index contributed by atoms with van der Waals surface area (Å²) in [6.07, 6.45) is 2.17. The Morgan fingerprint density at radius 2 is 1.84 bits per heavy atom. The maximum Gasteiger partial charge on any atom is 0.194 e. The van der Waals surface area contributed by atoms with E-state index in [0.717, 1.165) is 22.5 Å². The third kappa shape index (κ3) is 4.72. The number of anilines is 2. The van der Waals surface area contributed by atoms with Crippen LogP contribution in [0.25, 0.3) is 5.69 Å². The van der Waals surface area contributed by atoms with E-state index in [1.54, 1.807) is 29.1 Å². The van der Waals surface area contributed by atoms with Gasteiger partial charge in [-0.2, -0.15) is 0 Å². The maximum absolute atomic E-state index is 13.3. The molecule has 0 unspecified atom stereocenters. The van der Waals surface area contributed by atoms with E-state index in [4.69, 9.17) is 16.7 Å². The molecule has 1 heterocycles. The Kier molecular flexibility index (Phi) is 6.35. The Bertz CT molecular complexity index is 1280. The summed E-state index contributed by atoms with van der Waals surface area (Å²) in [6.45, 7) is 3.92. The van der Waals surface area contributed by atoms with Crippen LogP contribution in [0.1, 0.15) is 32.7 Å². The molecule has 4 aromatic rings. The minimum atomic E-state index is -0.160. The third-order valence-corrected chi connectivity index (χ3v) is 5.47. The highest BCUT2D eigenvalue weighted by molar-refractivity contribution is 6.35. The van der Waals surface area contributed by atoms with Crippen molar-refractivity contribution in [3.05, 3.63) is 99.8 Å². The van der Waals surface area contributed by atoms with Gasteiger partial charge in [0, 0.05) is 35.5 Å². The van der Waals surface area contributed by atoms with Crippen LogP contribution in [0, 0.1) is 13.8 Å². The van der Waals surface area contributed by atoms with Crippen LogP contribution in [-0.2, 0) is 6.42 Å². The van der Waals surface area contributed by atoms with Gasteiger partial charge in [0.15, 0.2) is 5.78 Å². The molecule has 0 saturated carbocycles. The highest BCUT2D eigenvalue weighted by Gasteiger charge is 2.17. The summed E-state index contributed by atoms with van der Waals surface area (Å²) in [5.41, 5.74) is 6.12. The smallest absolute Gasteiger partial charge is 0.194 e. The summed E-state index contributed by atoms with van der Waals surface area (Å²) in [6, 6.07) is 18.9. The fraction of sp³-hybridized carbons (Fsp3) is 0.160. The molecular formula is C25H23ClN4O2. The summed E-state index contributed by atoms with van der Waals surface area (Å²) >= 11 is 6.51. The normalized spacial score (nSPS) is 10.9. The SMILES string of the molecule is Cc1cccc(Nc2ccc(C(=O)c3cc(-n4cc(CCO)nn4)ccc3C)c(Cl)c2)c1. The number of hydrogen-bond donors (Lipinski definition) is 2. The zero-order valence-electron chi connectivity index (χ0n) is 17.8. The van der Waals surface area contributed by atoms with Gasteiger partial charge in [0.05, 0.1) is 22.6 Å². The predicted octanol–water partition coefficient (Wildman–Crippen LogP) is 5.05. The van der Waals surface area contributed by atoms with E-state index < -0.39 is 0 Å². The number of aromatic nitrogens is 3. The topological polar surface area (TPSA) is 80.0 Å². The molecule has 0 aliphatic carbocycles. The van der Waals surface area contributed by atoms with E-state index >= 15 is 0 Å². The van der Waals surface area contributed by atoms with Gasteiger partial charge in [-0.25, -0.2) is 4.68 Å². The molecule has 162 valence electrons. The van der Waals surface area contributed by atoms with Gasteiger partial charge in [-0.1, -0.05) is 35.0 Å². The van der Waals surface area contributed by atoms with E-state index in [1.807, 2.05) is 56.3 Å². The summed E-state index contributed by atoms with van der Waals surface area (Å²) in [4.78, 5) is 13.3. The first kappa shape index (κ1) is 21.7. The van der Waals surface area contributed by atoms with Crippen LogP contribution in [0.3, 0.4) is 0 Å². The second kappa shape index (κ2) is 9.34. The Morgan fingerprint density at radius 1 is 1.03 bits per heavy atom. The average molecular weight is 447 g/mol. The van der Waals surface area contributed by atoms with E-state index in [2.05, 4.69) is 15.6 Å². The number of nitrogens with one attached hydrogen (secondary N) is 1. The molecule has 0 saturated heterocycles. The van der Waals surface area contributed by atoms with Crippen molar-refractivity contribution in [2.75, 3.05) is 11.9 Å². The fourth-order valence-corrected chi connectivity index (χ4v) is 3.73. The van der Waals surface area contributed by atoms with Crippen molar-refractivity contribution in [1.29, 1.82) is 0 Å². The lowest BCUT2D eigenvalue weighted by atomic mass is 9.98. The standard InChI is InChI=1S/C25H23ClN4O2/c1-16-4-3-5-18(12-16)27-19-7-9-22(24(26)13-19)25(32)23-14-21(8-6-17(23)2)30-15-20(10-11-31)28-29-30/h3-9,12-15,27,31H,10-11H2,1-2H3. The largest absolute Gasteiger partial charge is 0.396 e. The molecule has 0 fully saturated rings. The molecule has 0 radical (unpaired) electrons. The highest BCUT2D eigenvalue weighted by atomic mass is 35.5. The number of ketones is 1. The lowest BCUT2D eigenvalue weighted by molar-refractivity contribution is 0.103. The van der Waals surface area contributed by atoms with E-state index in [1.165, 1.54) is 0 Å². The fourth-order valence-electron chi connectivity index (χ4n) is 3.46. The van der Waals surface area contributed by atoms with Crippen LogP contribution in [0.15, 0.2) is 66.9 Å². The molecule has 32 heavy (non-hydrogen) atoms. The summed E-state index contributed by atoms with van der Waals surface area (Å²) in [5, 5.41) is 20.9. The molecule has 6 nitrogen and oxygen atoms in total. The van der Waals surface area contributed by atoms with E-state index in [9.17, 15) is 4.79 Å². The Balaban J connectivity index is 1.60. The lowest BCUT2D eigenvalue weighted by Gasteiger charge is -2.12. The van der Waals surface area contributed by atoms with Crippen molar-refractivity contribution >= 4 is 28.8 Å². The molecule has 0 bridgehead atoms. The van der Waals surface area contributed by atoms with Crippen LogP contribution in [-0.4, -0.2) is 32.5 Å². The van der Waals surface area contributed by atoms with Gasteiger partial charge >= 0.3 is 0 Å². The van der Waals surface area contributed by atoms with Gasteiger partial charge in [0.25, 0.3) is 0 Å². The minimum Gasteiger partial charge on any atom is -0.396 e. The molecular weight excluding hydrogens is 424 g/mol. The quantitative estimate of drug-likeness (QED) is 0.388. The molecule has 0 spiro atoms. The molecule has 2 N–H and O–H groups in total. The number of rotatable bonds is 7. The first-order chi connectivity index (χ1) is 15.4. The summed E-state index contributed by atoms with van der Waals surface area (Å²) < 4.78 is 1.59. The van der Waals surface area contributed by atoms with Crippen molar-refractivity contribution in [2.45, 2.75) is 20.3 Å². The van der Waals surface area contributed by atoms with E-state index in [0.29, 0.717) is 34.0 Å². The number of halogens is 1. The second-order valence-electron chi connectivity index (χ2n) is 7.65. The third-order valence-electron chi connectivity index (χ3n) is 5.16. The number of aryl methyl sites for hydroxylation is 2. The molecule has 0 aliphatic heterocycles. The van der Waals surface area contributed by atoms with Crippen LogP contribution in [0.5, 0.6) is 0 Å². The van der Waals surface area contributed by atoms with Crippen molar-refractivity contribution < 1.29 is 9.90 Å². The molecule has 0 aliphatic rings. The van der Waals surface area contributed by atoms with Gasteiger partial charge < -0.3 is 10.4 Å². The first-order valence-electron chi connectivity index (χ1n) is 10.3. The molecule has 1 aromatic heterocycles. The first-order valence-corrected chi connectivity index (χ1v) is 10.6. The van der Waals surface area contributed by atoms with Gasteiger partial charge in [0.1, 0.15) is 0 Å². The average Bonchev–Trinajstić information content (AvgIpc) is 3.23. The number of hydrogen-bond acceptors (Lipinski definition) is 5. The minimum absolute atomic E-state index is 0.00353. The highest BCUT2D eigenvalue weighted by Crippen LogP contribution is 2.27. The van der Waals surface area contributed by atoms with E-state index in [-0.39, 0.29) is 12.4 Å². The Hall–Kier alpha value is -3.48. The summed E-state index contributed by atoms with van der Waals surface area (Å²) in [7, 11) is 0. The van der Waals surface area contributed by atoms with Gasteiger partial charge in [-0.05, 0) is 67.4 Å². The lowest BCUT2D eigenvalue weighted by Crippen LogP contribution is -2.07. The number of carbonyl (C=O) groups is 1.